The minimum atomic E-state index is 0.733. The Hall–Kier alpha value is -0.120. The van der Waals surface area contributed by atoms with Crippen molar-refractivity contribution in [2.45, 2.75) is 37.4 Å². The summed E-state index contributed by atoms with van der Waals surface area (Å²) in [5.41, 5.74) is 0. The van der Waals surface area contributed by atoms with E-state index in [9.17, 15) is 0 Å². The molecule has 0 aromatic carbocycles. The largest absolute Gasteiger partial charge is 0.308 e. The van der Waals surface area contributed by atoms with Crippen molar-refractivity contribution >= 4 is 0 Å². The fourth-order valence-electron chi connectivity index (χ4n) is 3.89. The van der Waals surface area contributed by atoms with E-state index in [1.165, 1.54) is 38.9 Å². The van der Waals surface area contributed by atoms with Crippen molar-refractivity contribution in [3.05, 3.63) is 0 Å². The van der Waals surface area contributed by atoms with Gasteiger partial charge in [0.25, 0.3) is 0 Å². The van der Waals surface area contributed by atoms with Crippen LogP contribution >= 0.6 is 0 Å². The van der Waals surface area contributed by atoms with E-state index in [1.807, 2.05) is 0 Å². The van der Waals surface area contributed by atoms with Crippen LogP contribution in [0.1, 0.15) is 19.3 Å². The highest BCUT2D eigenvalue weighted by Crippen LogP contribution is 2.37. The summed E-state index contributed by atoms with van der Waals surface area (Å²) in [5.74, 6) is 0.979. The van der Waals surface area contributed by atoms with Crippen LogP contribution in [0, 0.1) is 5.92 Å². The average Bonchev–Trinajstić information content (AvgIpc) is 2.63. The quantitative estimate of drug-likeness (QED) is 0.709. The van der Waals surface area contributed by atoms with Gasteiger partial charge in [-0.05, 0) is 52.4 Å². The van der Waals surface area contributed by atoms with Gasteiger partial charge in [0, 0.05) is 24.7 Å². The third-order valence-electron chi connectivity index (χ3n) is 4.51. The van der Waals surface area contributed by atoms with Crippen molar-refractivity contribution in [1.29, 1.82) is 0 Å². The van der Waals surface area contributed by atoms with Crippen LogP contribution in [-0.2, 0) is 0 Å². The van der Waals surface area contributed by atoms with Gasteiger partial charge in [-0.1, -0.05) is 0 Å². The van der Waals surface area contributed by atoms with Crippen molar-refractivity contribution < 1.29 is 0 Å². The van der Waals surface area contributed by atoms with Gasteiger partial charge in [0.05, 0.1) is 0 Å². The van der Waals surface area contributed by atoms with Gasteiger partial charge < -0.3 is 10.2 Å². The third kappa shape index (κ3) is 1.71. The van der Waals surface area contributed by atoms with Crippen LogP contribution < -0.4 is 5.32 Å². The highest BCUT2D eigenvalue weighted by molar-refractivity contribution is 5.05. The SMILES string of the molecule is CN(C)CC1CC2C(N1)C1CCN2CC1. The lowest BCUT2D eigenvalue weighted by molar-refractivity contribution is 0.0360. The molecular weight excluding hydrogens is 186 g/mol. The standard InChI is InChI=1S/C12H23N3/c1-14(2)8-10-7-11-12(13-10)9-3-5-15(11)6-4-9/h9-13H,3-8H2,1-2H3. The summed E-state index contributed by atoms with van der Waals surface area (Å²) in [6, 6.07) is 2.41. The Bertz CT molecular complexity index is 213. The topological polar surface area (TPSA) is 18.5 Å². The Morgan fingerprint density at radius 3 is 2.60 bits per heavy atom. The zero-order chi connectivity index (χ0) is 10.4. The third-order valence-corrected chi connectivity index (χ3v) is 4.51. The number of nitrogens with zero attached hydrogens (tertiary/aromatic N) is 2. The van der Waals surface area contributed by atoms with E-state index in [1.54, 1.807) is 0 Å². The van der Waals surface area contributed by atoms with Crippen LogP contribution in [0.2, 0.25) is 0 Å². The molecule has 86 valence electrons. The summed E-state index contributed by atoms with van der Waals surface area (Å²) in [6.07, 6.45) is 4.24. The first-order valence-corrected chi connectivity index (χ1v) is 6.39. The number of hydrogen-bond donors (Lipinski definition) is 1. The maximum absolute atomic E-state index is 3.87. The van der Waals surface area contributed by atoms with E-state index < -0.39 is 0 Å². The summed E-state index contributed by atoms with van der Waals surface area (Å²) >= 11 is 0. The lowest BCUT2D eigenvalue weighted by Gasteiger charge is -2.48. The molecule has 4 saturated heterocycles. The molecule has 0 saturated carbocycles. The summed E-state index contributed by atoms with van der Waals surface area (Å²) < 4.78 is 0. The zero-order valence-electron chi connectivity index (χ0n) is 9.95. The van der Waals surface area contributed by atoms with Crippen LogP contribution in [0.5, 0.6) is 0 Å². The van der Waals surface area contributed by atoms with E-state index in [0.717, 1.165) is 24.0 Å². The summed E-state index contributed by atoms with van der Waals surface area (Å²) in [6.45, 7) is 3.93. The number of fused-ring (bicyclic) bond motifs is 2. The molecule has 4 heterocycles. The van der Waals surface area contributed by atoms with E-state index in [2.05, 4.69) is 29.2 Å². The summed E-state index contributed by atoms with van der Waals surface area (Å²) in [4.78, 5) is 5.04. The molecule has 0 amide bonds. The molecule has 0 spiro atoms. The maximum atomic E-state index is 3.87. The molecule has 4 rings (SSSR count). The van der Waals surface area contributed by atoms with Gasteiger partial charge in [0.15, 0.2) is 0 Å². The number of likely N-dealkylation sites (N-methyl/N-ethyl adjacent to an activating group) is 1. The Kier molecular flexibility index (Phi) is 2.49. The van der Waals surface area contributed by atoms with Gasteiger partial charge in [-0.25, -0.2) is 0 Å². The smallest absolute Gasteiger partial charge is 0.0267 e. The first-order chi connectivity index (χ1) is 7.24. The molecule has 2 bridgehead atoms. The minimum absolute atomic E-state index is 0.733. The highest BCUT2D eigenvalue weighted by Gasteiger charge is 2.47. The molecule has 0 radical (unpaired) electrons. The molecule has 1 N–H and O–H groups in total. The molecule has 3 unspecified atom stereocenters. The summed E-state index contributed by atoms with van der Waals surface area (Å²) in [5, 5.41) is 3.87. The lowest BCUT2D eigenvalue weighted by atomic mass is 9.79. The second kappa shape index (κ2) is 3.72. The molecule has 15 heavy (non-hydrogen) atoms. The molecule has 0 aromatic heterocycles. The van der Waals surface area contributed by atoms with Gasteiger partial charge in [0.1, 0.15) is 0 Å². The fraction of sp³-hybridized carbons (Fsp3) is 1.00. The molecule has 3 heteroatoms. The van der Waals surface area contributed by atoms with Crippen LogP contribution in [0.15, 0.2) is 0 Å². The van der Waals surface area contributed by atoms with Gasteiger partial charge in [0.2, 0.25) is 0 Å². The number of rotatable bonds is 2. The highest BCUT2D eigenvalue weighted by atomic mass is 15.3. The van der Waals surface area contributed by atoms with E-state index >= 15 is 0 Å². The van der Waals surface area contributed by atoms with Gasteiger partial charge >= 0.3 is 0 Å². The Labute approximate surface area is 92.8 Å². The Balaban J connectivity index is 1.68. The lowest BCUT2D eigenvalue weighted by Crippen LogP contribution is -2.58. The normalized spacial score (nSPS) is 48.6. The Morgan fingerprint density at radius 1 is 1.27 bits per heavy atom. The van der Waals surface area contributed by atoms with Crippen molar-refractivity contribution in [2.24, 2.45) is 5.92 Å². The molecule has 3 nitrogen and oxygen atoms in total. The number of nitrogens with one attached hydrogen (secondary N) is 1. The molecule has 4 aliphatic heterocycles. The van der Waals surface area contributed by atoms with E-state index in [-0.39, 0.29) is 0 Å². The van der Waals surface area contributed by atoms with E-state index in [4.69, 9.17) is 0 Å². The van der Waals surface area contributed by atoms with Crippen LogP contribution in [0.4, 0.5) is 0 Å². The first-order valence-electron chi connectivity index (χ1n) is 6.39. The van der Waals surface area contributed by atoms with Gasteiger partial charge in [-0.15, -0.1) is 0 Å². The maximum Gasteiger partial charge on any atom is 0.0267 e. The predicted molar refractivity (Wildman–Crippen MR) is 62.0 cm³/mol. The molecule has 0 aliphatic carbocycles. The Morgan fingerprint density at radius 2 is 2.00 bits per heavy atom. The van der Waals surface area contributed by atoms with E-state index in [0.29, 0.717) is 0 Å². The van der Waals surface area contributed by atoms with Gasteiger partial charge in [-0.3, -0.25) is 4.90 Å². The first kappa shape index (κ1) is 10.1. The molecule has 3 atom stereocenters. The summed E-state index contributed by atoms with van der Waals surface area (Å²) in [7, 11) is 4.36. The van der Waals surface area contributed by atoms with Crippen molar-refractivity contribution in [3.8, 4) is 0 Å². The fourth-order valence-corrected chi connectivity index (χ4v) is 3.89. The van der Waals surface area contributed by atoms with Crippen LogP contribution in [0.3, 0.4) is 0 Å². The zero-order valence-corrected chi connectivity index (χ0v) is 9.95. The van der Waals surface area contributed by atoms with Crippen LogP contribution in [-0.4, -0.2) is 61.7 Å². The second-order valence-corrected chi connectivity index (χ2v) is 5.83. The van der Waals surface area contributed by atoms with Crippen molar-refractivity contribution in [2.75, 3.05) is 33.7 Å². The van der Waals surface area contributed by atoms with Crippen molar-refractivity contribution in [3.63, 3.8) is 0 Å². The number of hydrogen-bond acceptors (Lipinski definition) is 3. The average molecular weight is 209 g/mol. The van der Waals surface area contributed by atoms with Gasteiger partial charge in [-0.2, -0.15) is 0 Å². The van der Waals surface area contributed by atoms with Crippen LogP contribution in [0.25, 0.3) is 0 Å². The molecule has 0 aromatic rings. The minimum Gasteiger partial charge on any atom is -0.308 e. The monoisotopic (exact) mass is 209 g/mol. The molecular formula is C12H23N3. The molecule has 4 fully saturated rings. The van der Waals surface area contributed by atoms with Crippen molar-refractivity contribution in [1.82, 2.24) is 15.1 Å². The molecule has 4 aliphatic rings. The second-order valence-electron chi connectivity index (χ2n) is 5.83. The number of piperidine rings is 3. The predicted octanol–water partition coefficient (Wildman–Crippen LogP) is 0.373.